The summed E-state index contributed by atoms with van der Waals surface area (Å²) in [4.78, 5) is 18.8. The van der Waals surface area contributed by atoms with E-state index in [0.29, 0.717) is 11.4 Å². The molecule has 0 unspecified atom stereocenters. The zero-order valence-corrected chi connectivity index (χ0v) is 13.9. The van der Waals surface area contributed by atoms with Crippen molar-refractivity contribution >= 4 is 23.5 Å². The van der Waals surface area contributed by atoms with Gasteiger partial charge >= 0.3 is 0 Å². The normalized spacial score (nSPS) is 11.1. The number of nitrogens with zero attached hydrogens (tertiary/aromatic N) is 4. The van der Waals surface area contributed by atoms with Gasteiger partial charge in [0.25, 0.3) is 5.91 Å². The monoisotopic (exact) mass is 321 g/mol. The number of anilines is 1. The Kier molecular flexibility index (Phi) is 4.29. The number of carbonyl (C=O) groups excluding carboxylic acids is 1. The molecule has 0 aliphatic heterocycles. The molecular formula is C18H19N5O. The molecule has 24 heavy (non-hydrogen) atoms. The quantitative estimate of drug-likeness (QED) is 0.593. The molecule has 1 amide bonds. The molecule has 1 aromatic carbocycles. The second-order valence-corrected chi connectivity index (χ2v) is 5.66. The number of hydrogen-bond donors (Lipinski definition) is 1. The lowest BCUT2D eigenvalue weighted by molar-refractivity contribution is 0.0948. The van der Waals surface area contributed by atoms with E-state index < -0.39 is 0 Å². The fourth-order valence-corrected chi connectivity index (χ4v) is 2.46. The predicted molar refractivity (Wildman–Crippen MR) is 95.8 cm³/mol. The van der Waals surface area contributed by atoms with Crippen molar-refractivity contribution in [2.24, 2.45) is 5.10 Å². The fourth-order valence-electron chi connectivity index (χ4n) is 2.46. The standard InChI is InChI=1S/C18H19N5O/c1-13-17(23-11-5-4-6-16(23)20-13)18(24)21-19-12-14-7-9-15(10-8-14)22(2)3/h4-12H,1-3H3,(H,21,24)/b19-12-. The van der Waals surface area contributed by atoms with Crippen LogP contribution in [0, 0.1) is 6.92 Å². The molecule has 0 aliphatic rings. The lowest BCUT2D eigenvalue weighted by Gasteiger charge is -2.11. The first-order valence-corrected chi connectivity index (χ1v) is 7.61. The highest BCUT2D eigenvalue weighted by Crippen LogP contribution is 2.12. The van der Waals surface area contributed by atoms with Gasteiger partial charge in [-0.2, -0.15) is 5.10 Å². The summed E-state index contributed by atoms with van der Waals surface area (Å²) in [5.41, 5.74) is 6.49. The molecule has 3 aromatic rings. The molecule has 6 nitrogen and oxygen atoms in total. The van der Waals surface area contributed by atoms with Crippen LogP contribution in [0.5, 0.6) is 0 Å². The van der Waals surface area contributed by atoms with Gasteiger partial charge in [-0.1, -0.05) is 18.2 Å². The smallest absolute Gasteiger partial charge is 0.290 e. The highest BCUT2D eigenvalue weighted by molar-refractivity contribution is 5.95. The average Bonchev–Trinajstić information content (AvgIpc) is 2.91. The van der Waals surface area contributed by atoms with Crippen molar-refractivity contribution < 1.29 is 4.79 Å². The van der Waals surface area contributed by atoms with Crippen molar-refractivity contribution in [2.75, 3.05) is 19.0 Å². The molecule has 0 fully saturated rings. The maximum Gasteiger partial charge on any atom is 0.290 e. The molecule has 0 spiro atoms. The van der Waals surface area contributed by atoms with E-state index in [4.69, 9.17) is 0 Å². The van der Waals surface area contributed by atoms with Gasteiger partial charge in [0, 0.05) is 26.0 Å². The zero-order chi connectivity index (χ0) is 17.1. The lowest BCUT2D eigenvalue weighted by atomic mass is 10.2. The molecule has 6 heteroatoms. The maximum absolute atomic E-state index is 12.4. The summed E-state index contributed by atoms with van der Waals surface area (Å²) in [6.45, 7) is 1.81. The Hall–Kier alpha value is -3.15. The molecule has 0 atom stereocenters. The van der Waals surface area contributed by atoms with Gasteiger partial charge in [-0.25, -0.2) is 10.4 Å². The third kappa shape index (κ3) is 3.12. The van der Waals surface area contributed by atoms with E-state index in [9.17, 15) is 4.79 Å². The highest BCUT2D eigenvalue weighted by Gasteiger charge is 2.15. The Morgan fingerprint density at radius 3 is 2.67 bits per heavy atom. The Morgan fingerprint density at radius 2 is 1.96 bits per heavy atom. The van der Waals surface area contributed by atoms with Crippen LogP contribution in [0.1, 0.15) is 21.7 Å². The number of fused-ring (bicyclic) bond motifs is 1. The van der Waals surface area contributed by atoms with Gasteiger partial charge in [0.05, 0.1) is 11.9 Å². The van der Waals surface area contributed by atoms with Crippen LogP contribution in [-0.4, -0.2) is 35.6 Å². The van der Waals surface area contributed by atoms with Gasteiger partial charge in [-0.05, 0) is 36.8 Å². The minimum Gasteiger partial charge on any atom is -0.378 e. The van der Waals surface area contributed by atoms with E-state index >= 15 is 0 Å². The Labute approximate surface area is 140 Å². The van der Waals surface area contributed by atoms with E-state index in [0.717, 1.165) is 16.9 Å². The predicted octanol–water partition coefficient (Wildman–Crippen LogP) is 2.47. The first-order chi connectivity index (χ1) is 11.6. The summed E-state index contributed by atoms with van der Waals surface area (Å²) in [6, 6.07) is 13.5. The molecule has 0 bridgehead atoms. The van der Waals surface area contributed by atoms with Crippen LogP contribution in [0.15, 0.2) is 53.8 Å². The summed E-state index contributed by atoms with van der Waals surface area (Å²) >= 11 is 0. The molecule has 0 radical (unpaired) electrons. The first kappa shape index (κ1) is 15.7. The Morgan fingerprint density at radius 1 is 1.21 bits per heavy atom. The topological polar surface area (TPSA) is 62.0 Å². The molecule has 122 valence electrons. The van der Waals surface area contributed by atoms with Gasteiger partial charge in [-0.3, -0.25) is 9.20 Å². The summed E-state index contributed by atoms with van der Waals surface area (Å²) in [5.74, 6) is -0.285. The maximum atomic E-state index is 12.4. The molecule has 1 N–H and O–H groups in total. The van der Waals surface area contributed by atoms with E-state index in [-0.39, 0.29) is 5.91 Å². The largest absolute Gasteiger partial charge is 0.378 e. The minimum absolute atomic E-state index is 0.285. The van der Waals surface area contributed by atoms with Crippen LogP contribution < -0.4 is 10.3 Å². The zero-order valence-electron chi connectivity index (χ0n) is 13.9. The number of imidazole rings is 1. The van der Waals surface area contributed by atoms with Crippen LogP contribution in [0.4, 0.5) is 5.69 Å². The van der Waals surface area contributed by atoms with E-state index in [2.05, 4.69) is 15.5 Å². The number of hydrogen-bond acceptors (Lipinski definition) is 4. The second kappa shape index (κ2) is 6.54. The van der Waals surface area contributed by atoms with Crippen LogP contribution in [-0.2, 0) is 0 Å². The third-order valence-corrected chi connectivity index (χ3v) is 3.71. The van der Waals surface area contributed by atoms with Crippen molar-refractivity contribution in [3.05, 3.63) is 65.6 Å². The van der Waals surface area contributed by atoms with Crippen LogP contribution in [0.25, 0.3) is 5.65 Å². The first-order valence-electron chi connectivity index (χ1n) is 7.61. The number of carbonyl (C=O) groups is 1. The highest BCUT2D eigenvalue weighted by atomic mass is 16.2. The van der Waals surface area contributed by atoms with E-state index in [1.165, 1.54) is 0 Å². The van der Waals surface area contributed by atoms with Crippen LogP contribution >= 0.6 is 0 Å². The van der Waals surface area contributed by atoms with E-state index in [1.54, 1.807) is 10.6 Å². The van der Waals surface area contributed by atoms with Crippen LogP contribution in [0.3, 0.4) is 0 Å². The number of nitrogens with one attached hydrogen (secondary N) is 1. The second-order valence-electron chi connectivity index (χ2n) is 5.66. The van der Waals surface area contributed by atoms with Crippen molar-refractivity contribution in [3.63, 3.8) is 0 Å². The summed E-state index contributed by atoms with van der Waals surface area (Å²) in [5, 5.41) is 4.04. The van der Waals surface area contributed by atoms with Gasteiger partial charge in [0.2, 0.25) is 0 Å². The molecule has 0 saturated heterocycles. The molecule has 0 aliphatic carbocycles. The van der Waals surface area contributed by atoms with Crippen molar-refractivity contribution in [3.8, 4) is 0 Å². The molecule has 0 saturated carbocycles. The van der Waals surface area contributed by atoms with Gasteiger partial charge in [0.1, 0.15) is 11.3 Å². The number of hydrazone groups is 1. The third-order valence-electron chi connectivity index (χ3n) is 3.71. The van der Waals surface area contributed by atoms with Crippen molar-refractivity contribution in [1.82, 2.24) is 14.8 Å². The Bertz CT molecular complexity index is 893. The molecule has 2 heterocycles. The lowest BCUT2D eigenvalue weighted by Crippen LogP contribution is -2.20. The minimum atomic E-state index is -0.285. The van der Waals surface area contributed by atoms with Gasteiger partial charge < -0.3 is 4.90 Å². The van der Waals surface area contributed by atoms with E-state index in [1.807, 2.05) is 74.6 Å². The average molecular weight is 321 g/mol. The summed E-state index contributed by atoms with van der Waals surface area (Å²) in [7, 11) is 3.98. The fraction of sp³-hybridized carbons (Fsp3) is 0.167. The number of benzene rings is 1. The molecular weight excluding hydrogens is 302 g/mol. The number of pyridine rings is 1. The van der Waals surface area contributed by atoms with Crippen molar-refractivity contribution in [2.45, 2.75) is 6.92 Å². The number of amides is 1. The summed E-state index contributed by atoms with van der Waals surface area (Å²) in [6.07, 6.45) is 3.43. The van der Waals surface area contributed by atoms with Crippen LogP contribution in [0.2, 0.25) is 0 Å². The molecule has 2 aromatic heterocycles. The number of aryl methyl sites for hydroxylation is 1. The Balaban J connectivity index is 1.74. The van der Waals surface area contributed by atoms with Gasteiger partial charge in [0.15, 0.2) is 0 Å². The van der Waals surface area contributed by atoms with Gasteiger partial charge in [-0.15, -0.1) is 0 Å². The summed E-state index contributed by atoms with van der Waals surface area (Å²) < 4.78 is 1.76. The van der Waals surface area contributed by atoms with Crippen molar-refractivity contribution in [1.29, 1.82) is 0 Å². The number of rotatable bonds is 4. The SMILES string of the molecule is Cc1nc2ccccn2c1C(=O)N/N=C\c1ccc(N(C)C)cc1. The number of aromatic nitrogens is 2. The molecule has 3 rings (SSSR count).